The normalized spacial score (nSPS) is 10.7. The van der Waals surface area contributed by atoms with Crippen molar-refractivity contribution < 1.29 is 13.9 Å². The number of para-hydroxylation sites is 2. The van der Waals surface area contributed by atoms with Gasteiger partial charge in [-0.1, -0.05) is 48.5 Å². The van der Waals surface area contributed by atoms with Crippen molar-refractivity contribution in [2.45, 2.75) is 13.2 Å². The molecular formula is C22H20N2O3. The van der Waals surface area contributed by atoms with Crippen molar-refractivity contribution in [3.63, 3.8) is 0 Å². The van der Waals surface area contributed by atoms with Crippen molar-refractivity contribution in [1.29, 1.82) is 0 Å². The van der Waals surface area contributed by atoms with Gasteiger partial charge in [-0.25, -0.2) is 0 Å². The van der Waals surface area contributed by atoms with E-state index in [-0.39, 0.29) is 0 Å². The van der Waals surface area contributed by atoms with E-state index in [1.54, 1.807) is 7.11 Å². The zero-order valence-electron chi connectivity index (χ0n) is 15.0. The largest absolute Gasteiger partial charge is 0.493 e. The summed E-state index contributed by atoms with van der Waals surface area (Å²) in [6.07, 6.45) is 0. The summed E-state index contributed by atoms with van der Waals surface area (Å²) in [6.45, 7) is 1.07. The Labute approximate surface area is 157 Å². The summed E-state index contributed by atoms with van der Waals surface area (Å²) < 4.78 is 17.1. The molecular weight excluding hydrogens is 340 g/mol. The molecule has 0 fully saturated rings. The van der Waals surface area contributed by atoms with Crippen LogP contribution in [0.3, 0.4) is 0 Å². The number of anilines is 1. The fraction of sp³-hybridized carbons (Fsp3) is 0.136. The summed E-state index contributed by atoms with van der Waals surface area (Å²) in [5.74, 6) is 1.41. The second-order valence-corrected chi connectivity index (χ2v) is 6.10. The molecule has 1 N–H and O–H groups in total. The van der Waals surface area contributed by atoms with E-state index < -0.39 is 0 Å². The highest BCUT2D eigenvalue weighted by molar-refractivity contribution is 5.74. The van der Waals surface area contributed by atoms with Crippen LogP contribution >= 0.6 is 0 Å². The third kappa shape index (κ3) is 4.03. The summed E-state index contributed by atoms with van der Waals surface area (Å²) >= 11 is 0. The van der Waals surface area contributed by atoms with E-state index in [2.05, 4.69) is 10.3 Å². The first-order valence-corrected chi connectivity index (χ1v) is 8.75. The van der Waals surface area contributed by atoms with Crippen LogP contribution in [0.1, 0.15) is 11.1 Å². The summed E-state index contributed by atoms with van der Waals surface area (Å²) in [5, 5.41) is 3.20. The van der Waals surface area contributed by atoms with Crippen LogP contribution in [0.4, 0.5) is 6.01 Å². The average molecular weight is 360 g/mol. The van der Waals surface area contributed by atoms with Gasteiger partial charge in [0, 0.05) is 6.54 Å². The first-order chi connectivity index (χ1) is 13.3. The van der Waals surface area contributed by atoms with E-state index in [4.69, 9.17) is 13.9 Å². The van der Waals surface area contributed by atoms with Crippen molar-refractivity contribution in [3.8, 4) is 11.5 Å². The minimum absolute atomic E-state index is 0.498. The number of nitrogens with one attached hydrogen (secondary N) is 1. The van der Waals surface area contributed by atoms with Crippen LogP contribution in [0, 0.1) is 0 Å². The lowest BCUT2D eigenvalue weighted by Gasteiger charge is -2.12. The summed E-state index contributed by atoms with van der Waals surface area (Å²) in [4.78, 5) is 4.42. The van der Waals surface area contributed by atoms with Gasteiger partial charge in [0.25, 0.3) is 6.01 Å². The fourth-order valence-corrected chi connectivity index (χ4v) is 2.80. The molecule has 136 valence electrons. The molecule has 5 heteroatoms. The minimum atomic E-state index is 0.498. The Morgan fingerprint density at radius 1 is 0.889 bits per heavy atom. The number of hydrogen-bond acceptors (Lipinski definition) is 5. The molecule has 0 amide bonds. The quantitative estimate of drug-likeness (QED) is 0.501. The Balaban J connectivity index is 1.42. The van der Waals surface area contributed by atoms with Crippen LogP contribution < -0.4 is 14.8 Å². The summed E-state index contributed by atoms with van der Waals surface area (Å²) in [5.41, 5.74) is 3.76. The second-order valence-electron chi connectivity index (χ2n) is 6.10. The maximum absolute atomic E-state index is 5.90. The highest BCUT2D eigenvalue weighted by atomic mass is 16.5. The van der Waals surface area contributed by atoms with Gasteiger partial charge in [0.15, 0.2) is 17.1 Å². The molecule has 0 bridgehead atoms. The molecule has 0 atom stereocenters. The van der Waals surface area contributed by atoms with Crippen LogP contribution in [0.15, 0.2) is 77.2 Å². The zero-order valence-corrected chi connectivity index (χ0v) is 15.0. The molecule has 0 saturated heterocycles. The molecule has 27 heavy (non-hydrogen) atoms. The van der Waals surface area contributed by atoms with Crippen LogP contribution in [0.25, 0.3) is 11.1 Å². The number of ether oxygens (including phenoxy) is 2. The van der Waals surface area contributed by atoms with Gasteiger partial charge in [-0.05, 0) is 35.4 Å². The Hall–Kier alpha value is -3.47. The monoisotopic (exact) mass is 360 g/mol. The first kappa shape index (κ1) is 17.0. The fourth-order valence-electron chi connectivity index (χ4n) is 2.80. The molecule has 5 nitrogen and oxygen atoms in total. The topological polar surface area (TPSA) is 56.5 Å². The third-order valence-corrected chi connectivity index (χ3v) is 4.20. The Bertz CT molecular complexity index is 995. The maximum Gasteiger partial charge on any atom is 0.295 e. The number of rotatable bonds is 7. The van der Waals surface area contributed by atoms with E-state index in [0.717, 1.165) is 22.2 Å². The maximum atomic E-state index is 5.90. The van der Waals surface area contributed by atoms with Crippen molar-refractivity contribution in [3.05, 3.63) is 83.9 Å². The van der Waals surface area contributed by atoms with E-state index in [1.807, 2.05) is 72.8 Å². The van der Waals surface area contributed by atoms with E-state index >= 15 is 0 Å². The van der Waals surface area contributed by atoms with E-state index in [1.165, 1.54) is 0 Å². The molecule has 1 heterocycles. The predicted molar refractivity (Wildman–Crippen MR) is 105 cm³/mol. The SMILES string of the molecule is COc1cc(CNc2nc3ccccc3o2)ccc1OCc1ccccc1. The third-order valence-electron chi connectivity index (χ3n) is 4.20. The van der Waals surface area contributed by atoms with Crippen LogP contribution in [-0.4, -0.2) is 12.1 Å². The smallest absolute Gasteiger partial charge is 0.295 e. The van der Waals surface area contributed by atoms with Gasteiger partial charge in [0.2, 0.25) is 0 Å². The number of benzene rings is 3. The minimum Gasteiger partial charge on any atom is -0.493 e. The van der Waals surface area contributed by atoms with Crippen LogP contribution in [-0.2, 0) is 13.2 Å². The lowest BCUT2D eigenvalue weighted by atomic mass is 10.2. The number of aromatic nitrogens is 1. The van der Waals surface area contributed by atoms with Crippen molar-refractivity contribution in [1.82, 2.24) is 4.98 Å². The molecule has 4 rings (SSSR count). The molecule has 0 saturated carbocycles. The van der Waals surface area contributed by atoms with Gasteiger partial charge in [-0.15, -0.1) is 0 Å². The highest BCUT2D eigenvalue weighted by Crippen LogP contribution is 2.29. The average Bonchev–Trinajstić information content (AvgIpc) is 3.15. The molecule has 0 unspecified atom stereocenters. The molecule has 3 aromatic carbocycles. The van der Waals surface area contributed by atoms with Crippen molar-refractivity contribution >= 4 is 17.1 Å². The molecule has 0 radical (unpaired) electrons. The van der Waals surface area contributed by atoms with Crippen molar-refractivity contribution in [2.75, 3.05) is 12.4 Å². The summed E-state index contributed by atoms with van der Waals surface area (Å²) in [7, 11) is 1.64. The molecule has 0 aliphatic heterocycles. The van der Waals surface area contributed by atoms with Gasteiger partial charge in [-0.3, -0.25) is 0 Å². The van der Waals surface area contributed by atoms with E-state index in [9.17, 15) is 0 Å². The summed E-state index contributed by atoms with van der Waals surface area (Å²) in [6, 6.07) is 24.1. The number of oxazole rings is 1. The Kier molecular flexibility index (Phi) is 4.92. The number of nitrogens with zero attached hydrogens (tertiary/aromatic N) is 1. The Morgan fingerprint density at radius 2 is 1.70 bits per heavy atom. The molecule has 1 aromatic heterocycles. The van der Waals surface area contributed by atoms with E-state index in [0.29, 0.717) is 30.7 Å². The number of fused-ring (bicyclic) bond motifs is 1. The van der Waals surface area contributed by atoms with Gasteiger partial charge in [-0.2, -0.15) is 4.98 Å². The van der Waals surface area contributed by atoms with Gasteiger partial charge in [0.1, 0.15) is 12.1 Å². The molecule has 0 aliphatic carbocycles. The van der Waals surface area contributed by atoms with Crippen LogP contribution in [0.2, 0.25) is 0 Å². The number of hydrogen-bond donors (Lipinski definition) is 1. The number of methoxy groups -OCH3 is 1. The molecule has 0 spiro atoms. The standard InChI is InChI=1S/C22H20N2O3/c1-25-21-13-17(11-12-20(21)26-15-16-7-3-2-4-8-16)14-23-22-24-18-9-5-6-10-19(18)27-22/h2-13H,14-15H2,1H3,(H,23,24). The highest BCUT2D eigenvalue weighted by Gasteiger charge is 2.08. The lowest BCUT2D eigenvalue weighted by Crippen LogP contribution is -2.02. The van der Waals surface area contributed by atoms with Gasteiger partial charge in [0.05, 0.1) is 7.11 Å². The van der Waals surface area contributed by atoms with Gasteiger partial charge < -0.3 is 19.2 Å². The van der Waals surface area contributed by atoms with Gasteiger partial charge >= 0.3 is 0 Å². The molecule has 4 aromatic rings. The Morgan fingerprint density at radius 3 is 2.52 bits per heavy atom. The second kappa shape index (κ2) is 7.83. The zero-order chi connectivity index (χ0) is 18.5. The van der Waals surface area contributed by atoms with Crippen molar-refractivity contribution in [2.24, 2.45) is 0 Å². The predicted octanol–water partition coefficient (Wildman–Crippen LogP) is 5.03. The first-order valence-electron chi connectivity index (χ1n) is 8.75. The van der Waals surface area contributed by atoms with Crippen LogP contribution in [0.5, 0.6) is 11.5 Å². The lowest BCUT2D eigenvalue weighted by molar-refractivity contribution is 0.284. The molecule has 0 aliphatic rings.